The number of hydrogen-bond acceptors (Lipinski definition) is 2. The van der Waals surface area contributed by atoms with Crippen LogP contribution in [0, 0.1) is 0 Å². The maximum absolute atomic E-state index is 12.3. The van der Waals surface area contributed by atoms with Gasteiger partial charge in [0.2, 0.25) is 0 Å². The molecule has 4 nitrogen and oxygen atoms in total. The zero-order valence-corrected chi connectivity index (χ0v) is 10.5. The lowest BCUT2D eigenvalue weighted by Crippen LogP contribution is -2.40. The molecule has 4 heteroatoms. The largest absolute Gasteiger partial charge is 0.393 e. The smallest absolute Gasteiger partial charge is 0.270 e. The minimum atomic E-state index is -0.240. The van der Waals surface area contributed by atoms with E-state index in [4.69, 9.17) is 0 Å². The Bertz CT molecular complexity index is 390. The molecule has 1 aliphatic rings. The first-order valence-corrected chi connectivity index (χ1v) is 6.23. The Morgan fingerprint density at radius 3 is 2.65 bits per heavy atom. The predicted octanol–water partition coefficient (Wildman–Crippen LogP) is 1.67. The average Bonchev–Trinajstić information content (AvgIpc) is 2.78. The second kappa shape index (κ2) is 4.92. The summed E-state index contributed by atoms with van der Waals surface area (Å²) in [6.45, 7) is 5.44. The standard InChI is InChI=1S/C13H20N2O2/c1-10(2)15-7-3-4-12(15)13(17)14-8-5-11(16)6-9-14/h3-4,7,10-11,16H,5-6,8-9H2,1-2H3. The Morgan fingerprint density at radius 2 is 2.06 bits per heavy atom. The summed E-state index contributed by atoms with van der Waals surface area (Å²) in [6.07, 6.45) is 3.08. The lowest BCUT2D eigenvalue weighted by Gasteiger charge is -2.30. The van der Waals surface area contributed by atoms with E-state index in [9.17, 15) is 9.90 Å². The van der Waals surface area contributed by atoms with Crippen molar-refractivity contribution in [2.24, 2.45) is 0 Å². The number of aromatic nitrogens is 1. The molecule has 1 aromatic heterocycles. The highest BCUT2D eigenvalue weighted by atomic mass is 16.3. The van der Waals surface area contributed by atoms with Crippen LogP contribution in [-0.4, -0.2) is 39.7 Å². The van der Waals surface area contributed by atoms with Gasteiger partial charge in [-0.1, -0.05) is 0 Å². The SMILES string of the molecule is CC(C)n1cccc1C(=O)N1CCC(O)CC1. The van der Waals surface area contributed by atoms with Gasteiger partial charge in [-0.15, -0.1) is 0 Å². The molecule has 1 N–H and O–H groups in total. The summed E-state index contributed by atoms with van der Waals surface area (Å²) in [5, 5.41) is 9.44. The summed E-state index contributed by atoms with van der Waals surface area (Å²) in [7, 11) is 0. The minimum Gasteiger partial charge on any atom is -0.393 e. The van der Waals surface area contributed by atoms with Gasteiger partial charge in [0.25, 0.3) is 5.91 Å². The highest BCUT2D eigenvalue weighted by molar-refractivity contribution is 5.92. The Labute approximate surface area is 102 Å². The van der Waals surface area contributed by atoms with Crippen LogP contribution in [0.1, 0.15) is 43.2 Å². The van der Waals surface area contributed by atoms with Crippen LogP contribution >= 0.6 is 0 Å². The fourth-order valence-corrected chi connectivity index (χ4v) is 2.26. The first-order chi connectivity index (χ1) is 8.09. The molecule has 2 heterocycles. The van der Waals surface area contributed by atoms with E-state index in [0.29, 0.717) is 32.0 Å². The predicted molar refractivity (Wildman–Crippen MR) is 66.0 cm³/mol. The number of aliphatic hydroxyl groups is 1. The van der Waals surface area contributed by atoms with E-state index in [1.807, 2.05) is 27.8 Å². The molecule has 0 bridgehead atoms. The van der Waals surface area contributed by atoms with E-state index >= 15 is 0 Å². The van der Waals surface area contributed by atoms with Gasteiger partial charge in [-0.05, 0) is 38.8 Å². The van der Waals surface area contributed by atoms with Crippen LogP contribution in [0.25, 0.3) is 0 Å². The van der Waals surface area contributed by atoms with Crippen molar-refractivity contribution in [3.63, 3.8) is 0 Å². The topological polar surface area (TPSA) is 45.5 Å². The number of likely N-dealkylation sites (tertiary alicyclic amines) is 1. The van der Waals surface area contributed by atoms with Crippen LogP contribution in [0.15, 0.2) is 18.3 Å². The highest BCUT2D eigenvalue weighted by Gasteiger charge is 2.24. The van der Waals surface area contributed by atoms with Crippen LogP contribution < -0.4 is 0 Å². The summed E-state index contributed by atoms with van der Waals surface area (Å²) in [5.41, 5.74) is 0.747. The fraction of sp³-hybridized carbons (Fsp3) is 0.615. The van der Waals surface area contributed by atoms with Crippen molar-refractivity contribution in [1.82, 2.24) is 9.47 Å². The van der Waals surface area contributed by atoms with Crippen molar-refractivity contribution in [3.05, 3.63) is 24.0 Å². The van der Waals surface area contributed by atoms with Gasteiger partial charge in [0.15, 0.2) is 0 Å². The first-order valence-electron chi connectivity index (χ1n) is 6.23. The van der Waals surface area contributed by atoms with E-state index in [-0.39, 0.29) is 12.0 Å². The summed E-state index contributed by atoms with van der Waals surface area (Å²) in [5.74, 6) is 0.0793. The molecule has 0 radical (unpaired) electrons. The summed E-state index contributed by atoms with van der Waals surface area (Å²) < 4.78 is 1.99. The van der Waals surface area contributed by atoms with Gasteiger partial charge < -0.3 is 14.6 Å². The van der Waals surface area contributed by atoms with Crippen LogP contribution in [-0.2, 0) is 0 Å². The van der Waals surface area contributed by atoms with Crippen molar-refractivity contribution in [1.29, 1.82) is 0 Å². The molecule has 2 rings (SSSR count). The van der Waals surface area contributed by atoms with Crippen LogP contribution in [0.5, 0.6) is 0 Å². The number of aliphatic hydroxyl groups excluding tert-OH is 1. The summed E-state index contributed by atoms with van der Waals surface area (Å²) in [6, 6.07) is 4.07. The van der Waals surface area contributed by atoms with E-state index in [1.165, 1.54) is 0 Å². The maximum atomic E-state index is 12.3. The van der Waals surface area contributed by atoms with Crippen LogP contribution in [0.2, 0.25) is 0 Å². The molecular weight excluding hydrogens is 216 g/mol. The molecule has 1 saturated heterocycles. The Kier molecular flexibility index (Phi) is 3.52. The molecule has 0 saturated carbocycles. The molecule has 0 aromatic carbocycles. The molecule has 1 aromatic rings. The van der Waals surface area contributed by atoms with E-state index < -0.39 is 0 Å². The number of piperidine rings is 1. The van der Waals surface area contributed by atoms with Crippen LogP contribution in [0.3, 0.4) is 0 Å². The normalized spacial score (nSPS) is 17.8. The number of rotatable bonds is 2. The molecule has 0 aliphatic carbocycles. The lowest BCUT2D eigenvalue weighted by molar-refractivity contribution is 0.0536. The zero-order chi connectivity index (χ0) is 12.4. The quantitative estimate of drug-likeness (QED) is 0.849. The minimum absolute atomic E-state index is 0.0793. The van der Waals surface area contributed by atoms with Gasteiger partial charge >= 0.3 is 0 Å². The monoisotopic (exact) mass is 236 g/mol. The Morgan fingerprint density at radius 1 is 1.41 bits per heavy atom. The lowest BCUT2D eigenvalue weighted by atomic mass is 10.1. The van der Waals surface area contributed by atoms with E-state index in [0.717, 1.165) is 5.69 Å². The molecular formula is C13H20N2O2. The van der Waals surface area contributed by atoms with Crippen molar-refractivity contribution >= 4 is 5.91 Å². The number of amides is 1. The van der Waals surface area contributed by atoms with Crippen molar-refractivity contribution in [2.75, 3.05) is 13.1 Å². The van der Waals surface area contributed by atoms with Gasteiger partial charge in [-0.3, -0.25) is 4.79 Å². The molecule has 1 fully saturated rings. The van der Waals surface area contributed by atoms with E-state index in [2.05, 4.69) is 13.8 Å². The number of hydrogen-bond donors (Lipinski definition) is 1. The van der Waals surface area contributed by atoms with Gasteiger partial charge in [-0.2, -0.15) is 0 Å². The molecule has 1 amide bonds. The first kappa shape index (κ1) is 12.2. The number of carbonyl (C=O) groups excluding carboxylic acids is 1. The van der Waals surface area contributed by atoms with Crippen molar-refractivity contribution < 1.29 is 9.90 Å². The second-order valence-corrected chi connectivity index (χ2v) is 4.92. The molecule has 0 unspecified atom stereocenters. The van der Waals surface area contributed by atoms with Gasteiger partial charge in [0.1, 0.15) is 5.69 Å². The molecule has 17 heavy (non-hydrogen) atoms. The van der Waals surface area contributed by atoms with Crippen molar-refractivity contribution in [2.45, 2.75) is 38.8 Å². The molecule has 0 spiro atoms. The van der Waals surface area contributed by atoms with E-state index in [1.54, 1.807) is 0 Å². The molecule has 0 atom stereocenters. The molecule has 1 aliphatic heterocycles. The van der Waals surface area contributed by atoms with Crippen LogP contribution in [0.4, 0.5) is 0 Å². The number of nitrogens with zero attached hydrogens (tertiary/aromatic N) is 2. The fourth-order valence-electron chi connectivity index (χ4n) is 2.26. The summed E-state index contributed by atoms with van der Waals surface area (Å²) in [4.78, 5) is 14.2. The third-order valence-corrected chi connectivity index (χ3v) is 3.31. The third kappa shape index (κ3) is 2.52. The zero-order valence-electron chi connectivity index (χ0n) is 10.5. The Hall–Kier alpha value is -1.29. The number of carbonyl (C=O) groups is 1. The average molecular weight is 236 g/mol. The van der Waals surface area contributed by atoms with Gasteiger partial charge in [-0.25, -0.2) is 0 Å². The maximum Gasteiger partial charge on any atom is 0.270 e. The van der Waals surface area contributed by atoms with Gasteiger partial charge in [0, 0.05) is 25.3 Å². The highest BCUT2D eigenvalue weighted by Crippen LogP contribution is 2.17. The Balaban J connectivity index is 2.11. The summed E-state index contributed by atoms with van der Waals surface area (Å²) >= 11 is 0. The van der Waals surface area contributed by atoms with Gasteiger partial charge in [0.05, 0.1) is 6.10 Å². The van der Waals surface area contributed by atoms with Crippen molar-refractivity contribution in [3.8, 4) is 0 Å². The third-order valence-electron chi connectivity index (χ3n) is 3.31. The molecule has 94 valence electrons. The second-order valence-electron chi connectivity index (χ2n) is 4.92.